The van der Waals surface area contributed by atoms with Crippen molar-refractivity contribution in [3.05, 3.63) is 29.3 Å². The van der Waals surface area contributed by atoms with E-state index in [2.05, 4.69) is 6.92 Å². The maximum absolute atomic E-state index is 11.9. The summed E-state index contributed by atoms with van der Waals surface area (Å²) in [7, 11) is 0. The van der Waals surface area contributed by atoms with Crippen molar-refractivity contribution in [1.29, 1.82) is 0 Å². The first-order valence-corrected chi connectivity index (χ1v) is 6.08. The minimum atomic E-state index is -0.347. The standard InChI is InChI=1S/C14H17NO2/c1-3-11-7-4-6-10(2)13(11)15-9-5-8-12(16)14(15)17/h4,6-7H,3,5,8-9H2,1-2H3. The molecule has 0 atom stereocenters. The highest BCUT2D eigenvalue weighted by atomic mass is 16.2. The number of carbonyl (C=O) groups is 2. The van der Waals surface area contributed by atoms with Crippen molar-refractivity contribution < 1.29 is 9.59 Å². The molecule has 1 saturated heterocycles. The number of rotatable bonds is 2. The van der Waals surface area contributed by atoms with Crippen LogP contribution in [-0.4, -0.2) is 18.2 Å². The maximum Gasteiger partial charge on any atom is 0.294 e. The van der Waals surface area contributed by atoms with E-state index >= 15 is 0 Å². The number of amides is 1. The number of ketones is 1. The zero-order valence-electron chi connectivity index (χ0n) is 10.3. The molecule has 3 nitrogen and oxygen atoms in total. The van der Waals surface area contributed by atoms with Gasteiger partial charge < -0.3 is 4.90 Å². The van der Waals surface area contributed by atoms with E-state index in [1.807, 2.05) is 25.1 Å². The Morgan fingerprint density at radius 3 is 2.76 bits per heavy atom. The number of para-hydroxylation sites is 1. The molecule has 1 amide bonds. The molecule has 0 radical (unpaired) electrons. The van der Waals surface area contributed by atoms with Gasteiger partial charge in [0.05, 0.1) is 5.69 Å². The fourth-order valence-electron chi connectivity index (χ4n) is 2.36. The average Bonchev–Trinajstić information content (AvgIpc) is 2.33. The van der Waals surface area contributed by atoms with Gasteiger partial charge in [0, 0.05) is 13.0 Å². The molecule has 0 saturated carbocycles. The summed E-state index contributed by atoms with van der Waals surface area (Å²) in [5.74, 6) is -0.609. The summed E-state index contributed by atoms with van der Waals surface area (Å²) in [4.78, 5) is 25.1. The summed E-state index contributed by atoms with van der Waals surface area (Å²) < 4.78 is 0. The van der Waals surface area contributed by atoms with E-state index in [4.69, 9.17) is 0 Å². The second kappa shape index (κ2) is 4.70. The lowest BCUT2D eigenvalue weighted by molar-refractivity contribution is -0.137. The molecule has 1 fully saturated rings. The fourth-order valence-corrected chi connectivity index (χ4v) is 2.36. The highest BCUT2D eigenvalue weighted by molar-refractivity contribution is 6.42. The number of piperidine rings is 1. The van der Waals surface area contributed by atoms with Crippen LogP contribution in [0.4, 0.5) is 5.69 Å². The highest BCUT2D eigenvalue weighted by Crippen LogP contribution is 2.28. The molecule has 0 unspecified atom stereocenters. The second-order valence-corrected chi connectivity index (χ2v) is 4.42. The summed E-state index contributed by atoms with van der Waals surface area (Å²) in [6.45, 7) is 4.71. The van der Waals surface area contributed by atoms with Gasteiger partial charge in [-0.1, -0.05) is 25.1 Å². The lowest BCUT2D eigenvalue weighted by Gasteiger charge is -2.29. The number of benzene rings is 1. The quantitative estimate of drug-likeness (QED) is 0.732. The number of carbonyl (C=O) groups excluding carboxylic acids is 2. The van der Waals surface area contributed by atoms with Crippen molar-refractivity contribution in [3.63, 3.8) is 0 Å². The van der Waals surface area contributed by atoms with Crippen LogP contribution in [-0.2, 0) is 16.0 Å². The van der Waals surface area contributed by atoms with Gasteiger partial charge in [-0.05, 0) is 30.9 Å². The van der Waals surface area contributed by atoms with Gasteiger partial charge in [0.25, 0.3) is 5.91 Å². The number of anilines is 1. The van der Waals surface area contributed by atoms with E-state index < -0.39 is 0 Å². The van der Waals surface area contributed by atoms with Crippen LogP contribution < -0.4 is 4.90 Å². The topological polar surface area (TPSA) is 37.4 Å². The van der Waals surface area contributed by atoms with E-state index in [0.717, 1.165) is 29.7 Å². The lowest BCUT2D eigenvalue weighted by Crippen LogP contribution is -2.42. The number of hydrogen-bond donors (Lipinski definition) is 0. The van der Waals surface area contributed by atoms with Crippen molar-refractivity contribution >= 4 is 17.4 Å². The molecule has 1 heterocycles. The van der Waals surface area contributed by atoms with Crippen LogP contribution in [0.25, 0.3) is 0 Å². The number of hydrogen-bond acceptors (Lipinski definition) is 2. The van der Waals surface area contributed by atoms with Gasteiger partial charge in [-0.15, -0.1) is 0 Å². The monoisotopic (exact) mass is 231 g/mol. The van der Waals surface area contributed by atoms with Crippen LogP contribution in [0.15, 0.2) is 18.2 Å². The van der Waals surface area contributed by atoms with Gasteiger partial charge >= 0.3 is 0 Å². The third kappa shape index (κ3) is 2.09. The van der Waals surface area contributed by atoms with Gasteiger partial charge in [-0.25, -0.2) is 0 Å². The van der Waals surface area contributed by atoms with Crippen molar-refractivity contribution in [2.75, 3.05) is 11.4 Å². The molecule has 0 bridgehead atoms. The normalized spacial score (nSPS) is 16.5. The second-order valence-electron chi connectivity index (χ2n) is 4.42. The summed E-state index contributed by atoms with van der Waals surface area (Å²) in [6.07, 6.45) is 2.03. The van der Waals surface area contributed by atoms with Crippen LogP contribution in [0.1, 0.15) is 30.9 Å². The molecular formula is C14H17NO2. The summed E-state index contributed by atoms with van der Waals surface area (Å²) in [6, 6.07) is 6.00. The molecule has 1 aromatic carbocycles. The number of aryl methyl sites for hydroxylation is 2. The summed E-state index contributed by atoms with van der Waals surface area (Å²) in [5, 5.41) is 0. The molecular weight excluding hydrogens is 214 g/mol. The molecule has 2 rings (SSSR count). The minimum Gasteiger partial charge on any atom is -0.305 e. The predicted molar refractivity (Wildman–Crippen MR) is 67.2 cm³/mol. The number of Topliss-reactive ketones (excluding diaryl/α,β-unsaturated/α-hetero) is 1. The smallest absolute Gasteiger partial charge is 0.294 e. The van der Waals surface area contributed by atoms with Crippen molar-refractivity contribution in [2.24, 2.45) is 0 Å². The largest absolute Gasteiger partial charge is 0.305 e. The molecule has 1 aliphatic rings. The SMILES string of the molecule is CCc1cccc(C)c1N1CCCC(=O)C1=O. The molecule has 3 heteroatoms. The Kier molecular flexibility index (Phi) is 3.27. The molecule has 0 N–H and O–H groups in total. The third-order valence-corrected chi connectivity index (χ3v) is 3.24. The highest BCUT2D eigenvalue weighted by Gasteiger charge is 2.29. The van der Waals surface area contributed by atoms with Gasteiger partial charge in [-0.3, -0.25) is 9.59 Å². The van der Waals surface area contributed by atoms with Crippen LogP contribution in [0.3, 0.4) is 0 Å². The lowest BCUT2D eigenvalue weighted by atomic mass is 10.0. The molecule has 17 heavy (non-hydrogen) atoms. The molecule has 1 aliphatic heterocycles. The van der Waals surface area contributed by atoms with Gasteiger partial charge in [0.2, 0.25) is 5.78 Å². The Bertz CT molecular complexity index is 465. The third-order valence-electron chi connectivity index (χ3n) is 3.24. The molecule has 0 spiro atoms. The van der Waals surface area contributed by atoms with E-state index in [0.29, 0.717) is 13.0 Å². The molecule has 0 aliphatic carbocycles. The Labute approximate surface area is 101 Å². The number of nitrogens with zero attached hydrogens (tertiary/aromatic N) is 1. The average molecular weight is 231 g/mol. The van der Waals surface area contributed by atoms with E-state index in [1.54, 1.807) is 4.90 Å². The minimum absolute atomic E-state index is 0.262. The first-order valence-electron chi connectivity index (χ1n) is 6.08. The van der Waals surface area contributed by atoms with Gasteiger partial charge in [0.15, 0.2) is 0 Å². The van der Waals surface area contributed by atoms with E-state index in [9.17, 15) is 9.59 Å². The predicted octanol–water partition coefficient (Wildman–Crippen LogP) is 2.25. The fraction of sp³-hybridized carbons (Fsp3) is 0.429. The van der Waals surface area contributed by atoms with Crippen molar-refractivity contribution in [3.8, 4) is 0 Å². The first kappa shape index (κ1) is 11.8. The van der Waals surface area contributed by atoms with Crippen LogP contribution >= 0.6 is 0 Å². The Balaban J connectivity index is 2.45. The molecule has 1 aromatic rings. The maximum atomic E-state index is 11.9. The van der Waals surface area contributed by atoms with Crippen molar-refractivity contribution in [2.45, 2.75) is 33.1 Å². The molecule has 0 aromatic heterocycles. The van der Waals surface area contributed by atoms with Crippen LogP contribution in [0.5, 0.6) is 0 Å². The zero-order chi connectivity index (χ0) is 12.4. The Hall–Kier alpha value is -1.64. The molecule has 90 valence electrons. The van der Waals surface area contributed by atoms with Crippen molar-refractivity contribution in [1.82, 2.24) is 0 Å². The van der Waals surface area contributed by atoms with E-state index in [1.165, 1.54) is 0 Å². The van der Waals surface area contributed by atoms with Crippen LogP contribution in [0, 0.1) is 6.92 Å². The van der Waals surface area contributed by atoms with Gasteiger partial charge in [-0.2, -0.15) is 0 Å². The van der Waals surface area contributed by atoms with E-state index in [-0.39, 0.29) is 11.7 Å². The zero-order valence-corrected chi connectivity index (χ0v) is 10.3. The Morgan fingerprint density at radius 2 is 2.06 bits per heavy atom. The summed E-state index contributed by atoms with van der Waals surface area (Å²) >= 11 is 0. The van der Waals surface area contributed by atoms with Crippen LogP contribution in [0.2, 0.25) is 0 Å². The summed E-state index contributed by atoms with van der Waals surface area (Å²) in [5.41, 5.74) is 3.13. The Morgan fingerprint density at radius 1 is 1.29 bits per heavy atom. The van der Waals surface area contributed by atoms with Gasteiger partial charge in [0.1, 0.15) is 0 Å². The first-order chi connectivity index (χ1) is 8.15.